The Morgan fingerprint density at radius 2 is 0.339 bits per heavy atom. The molecule has 56 heavy (non-hydrogen) atoms. The largest absolute Gasteiger partial charge is 0.0312 e. The summed E-state index contributed by atoms with van der Waals surface area (Å²) in [6, 6.07) is 0. The molecule has 0 aliphatic heterocycles. The summed E-state index contributed by atoms with van der Waals surface area (Å²) in [7, 11) is 0.722. The van der Waals surface area contributed by atoms with Crippen molar-refractivity contribution in [3.8, 4) is 0 Å². The molecule has 0 heterocycles. The van der Waals surface area contributed by atoms with E-state index < -0.39 is 20.7 Å². The van der Waals surface area contributed by atoms with Crippen molar-refractivity contribution in [2.75, 3.05) is 0 Å². The number of aliphatic hydroxyl groups is 2. The fraction of sp³-hybridized carbons (Fsp3) is 0.429. The molecule has 14 heteroatoms. The van der Waals surface area contributed by atoms with Crippen LogP contribution < -0.4 is 0 Å². The first-order valence-electron chi connectivity index (χ1n) is 17.8. The molecule has 0 atom stereocenters. The number of rotatable bonds is 2. The number of aliphatic hydroxyl groups excluding tert-OH is 2. The second-order valence-corrected chi connectivity index (χ2v) is 34.1. The van der Waals surface area contributed by atoms with Crippen molar-refractivity contribution in [3.05, 3.63) is 140 Å². The van der Waals surface area contributed by atoms with Crippen molar-refractivity contribution in [2.45, 2.75) is 118 Å². The van der Waals surface area contributed by atoms with Crippen LogP contribution in [0.2, 0.25) is 118 Å². The normalized spacial score (nSPS) is 14.6. The van der Waals surface area contributed by atoms with Crippen molar-refractivity contribution >= 4 is 95.0 Å². The van der Waals surface area contributed by atoms with E-state index in [4.69, 9.17) is 10.2 Å². The van der Waals surface area contributed by atoms with Crippen LogP contribution in [0.5, 0.6) is 0 Å². The minimum atomic E-state index is -0.882. The molecule has 4 aliphatic carbocycles. The molecule has 0 amide bonds. The number of carbonyl (C=O) groups excluding carboxylic acids is 2. The molecule has 0 unspecified atom stereocenters. The Balaban J connectivity index is -0.0000000627. The average Bonchev–Trinajstić information content (AvgIpc) is 3.87. The van der Waals surface area contributed by atoms with Crippen molar-refractivity contribution in [3.63, 3.8) is 0 Å². The molecule has 0 aromatic heterocycles. The van der Waals surface area contributed by atoms with Crippen molar-refractivity contribution in [1.82, 2.24) is 0 Å². The van der Waals surface area contributed by atoms with Gasteiger partial charge in [-0.1, -0.05) is 118 Å². The van der Waals surface area contributed by atoms with E-state index in [1.54, 1.807) is 0 Å². The van der Waals surface area contributed by atoms with Gasteiger partial charge in [-0.15, -0.1) is 0 Å². The van der Waals surface area contributed by atoms with Gasteiger partial charge in [0.25, 0.3) is 0 Å². The first-order chi connectivity index (χ1) is 24.9. The second kappa shape index (κ2) is 66.9. The van der Waals surface area contributed by atoms with Crippen LogP contribution in [0.3, 0.4) is 0 Å². The van der Waals surface area contributed by atoms with E-state index in [-0.39, 0.29) is 104 Å². The Labute approximate surface area is 419 Å². The minimum absolute atomic E-state index is 0. The average molecular weight is 1050 g/mol. The Bertz CT molecular complexity index is 595. The monoisotopic (exact) mass is 1050 g/mol. The summed E-state index contributed by atoms with van der Waals surface area (Å²) in [6.45, 7) is 40.8. The van der Waals surface area contributed by atoms with E-state index in [1.165, 1.54) is 0 Å². The van der Waals surface area contributed by atoms with E-state index in [0.29, 0.717) is 0 Å². The summed E-state index contributed by atoms with van der Waals surface area (Å²) in [4.78, 5) is 20.5. The molecular formula is C42H76Ge2O4Sc2Si6. The van der Waals surface area contributed by atoms with Gasteiger partial charge in [-0.3, -0.25) is 0 Å². The maximum atomic E-state index is 10.3. The fourth-order valence-corrected chi connectivity index (χ4v) is 1.99. The Morgan fingerprint density at radius 3 is 0.375 bits per heavy atom. The molecular weight excluding hydrogens is 972 g/mol. The standard InChI is InChI=1S/4C5H5.C4H2Ge2O4.6C3H9Si.2Sc/c4*1-2-4-5-3-1;5-3(9)1(7)2(8)4(6)10;6*1-4(2)3;;/h4*1-5H;7-8H;6*1-3H3;;/b;;;;2-1+;;;;;;;;. The van der Waals surface area contributed by atoms with Crippen molar-refractivity contribution in [2.24, 2.45) is 0 Å². The van der Waals surface area contributed by atoms with Crippen LogP contribution in [0, 0.1) is 128 Å². The van der Waals surface area contributed by atoms with Crippen LogP contribution in [-0.2, 0) is 61.3 Å². The molecule has 306 valence electrons. The van der Waals surface area contributed by atoms with E-state index in [1.807, 2.05) is 128 Å². The Hall–Kier alpha value is 2.81. The predicted octanol–water partition coefficient (Wildman–Crippen LogP) is 11.0. The molecule has 0 bridgehead atoms. The topological polar surface area (TPSA) is 74.6 Å². The molecule has 4 saturated carbocycles. The smallest absolute Gasteiger partial charge is 0 e. The molecule has 4 aliphatic rings. The number of allylic oxidation sites excluding steroid dienone is 2. The third-order valence-electron chi connectivity index (χ3n) is 2.88. The molecule has 0 saturated heterocycles. The zero-order chi connectivity index (χ0) is 43.9. The minimum Gasteiger partial charge on any atom is -0.0312 e. The van der Waals surface area contributed by atoms with Gasteiger partial charge >= 0.3 is 73.6 Å². The quantitative estimate of drug-likeness (QED) is 0.164. The zero-order valence-electron chi connectivity index (χ0n) is 38.4. The SMILES string of the molecule is C[Si](C)C.C[Si](C)C.C[Si](C)C.C[Si](C)C.C[Si](C)C.C[Si](C)C.O=[C]([Ge])/C(O)=C(\O)[C](=O)[Ge].[CH]1[CH][CH][CH][CH]1.[CH]1[CH][CH][CH][CH]1.[CH]1[CH][CH][CH][CH]1.[CH]1[CH][CH][CH][CH]1.[Sc].[Sc]. The van der Waals surface area contributed by atoms with Crippen LogP contribution in [-0.4, -0.2) is 105 Å². The van der Waals surface area contributed by atoms with E-state index in [0.717, 1.165) is 33.0 Å². The third kappa shape index (κ3) is 146. The number of carbonyl (C=O) groups is 2. The maximum Gasteiger partial charge on any atom is 0 e. The summed E-state index contributed by atoms with van der Waals surface area (Å²) < 4.78 is -1.46. The van der Waals surface area contributed by atoms with Gasteiger partial charge in [-0.25, -0.2) is 0 Å². The summed E-state index contributed by atoms with van der Waals surface area (Å²) in [6.07, 6.45) is 40.0. The van der Waals surface area contributed by atoms with Gasteiger partial charge in [0, 0.05) is 104 Å². The molecule has 34 radical (unpaired) electrons. The molecule has 4 nitrogen and oxygen atoms in total. The number of hydrogen-bond donors (Lipinski definition) is 2. The first-order valence-corrected chi connectivity index (χ1v) is 37.9. The molecule has 2 N–H and O–H groups in total. The van der Waals surface area contributed by atoms with E-state index in [9.17, 15) is 9.59 Å². The third-order valence-corrected chi connectivity index (χ3v) is 3.87. The van der Waals surface area contributed by atoms with Gasteiger partial charge in [-0.05, 0) is 128 Å². The van der Waals surface area contributed by atoms with Crippen molar-refractivity contribution in [1.29, 1.82) is 0 Å². The van der Waals surface area contributed by atoms with Gasteiger partial charge in [0.2, 0.25) is 0 Å². The molecule has 4 rings (SSSR count). The van der Waals surface area contributed by atoms with Gasteiger partial charge in [0.05, 0.1) is 0 Å². The van der Waals surface area contributed by atoms with Gasteiger partial charge < -0.3 is 0 Å². The predicted molar refractivity (Wildman–Crippen MR) is 260 cm³/mol. The van der Waals surface area contributed by atoms with Crippen LogP contribution in [0.15, 0.2) is 11.5 Å². The van der Waals surface area contributed by atoms with E-state index in [2.05, 4.69) is 118 Å². The van der Waals surface area contributed by atoms with Crippen LogP contribution in [0.25, 0.3) is 0 Å². The Morgan fingerprint density at radius 1 is 0.286 bits per heavy atom. The second-order valence-electron chi connectivity index (χ2n) is 14.2. The maximum absolute atomic E-state index is 10.3. The van der Waals surface area contributed by atoms with Crippen molar-refractivity contribution < 1.29 is 71.5 Å². The van der Waals surface area contributed by atoms with Crippen LogP contribution >= 0.6 is 0 Å². The number of hydrogen-bond acceptors (Lipinski definition) is 4. The Kier molecular flexibility index (Phi) is 94.6. The first kappa shape index (κ1) is 79.2. The summed E-state index contributed by atoms with van der Waals surface area (Å²) in [5.41, 5.74) is 0. The van der Waals surface area contributed by atoms with Crippen LogP contribution in [0.4, 0.5) is 0 Å². The zero-order valence-corrected chi connectivity index (χ0v) is 52.2. The summed E-state index contributed by atoms with van der Waals surface area (Å²) in [5, 5.41) is 17.2. The van der Waals surface area contributed by atoms with Crippen LogP contribution in [0.1, 0.15) is 0 Å². The van der Waals surface area contributed by atoms with Gasteiger partial charge in [0.1, 0.15) is 0 Å². The summed E-state index contributed by atoms with van der Waals surface area (Å²) in [5.74, 6) is -1.76. The van der Waals surface area contributed by atoms with Gasteiger partial charge in [-0.2, -0.15) is 0 Å². The van der Waals surface area contributed by atoms with E-state index >= 15 is 0 Å². The molecule has 4 fully saturated rings. The molecule has 0 spiro atoms. The summed E-state index contributed by atoms with van der Waals surface area (Å²) >= 11 is 2.10. The molecule has 0 aromatic carbocycles. The molecule has 0 aromatic rings. The van der Waals surface area contributed by atoms with Gasteiger partial charge in [0.15, 0.2) is 0 Å². The fourth-order valence-electron chi connectivity index (χ4n) is 1.50.